The summed E-state index contributed by atoms with van der Waals surface area (Å²) in [6.07, 6.45) is 2.12. The summed E-state index contributed by atoms with van der Waals surface area (Å²) in [6, 6.07) is 11.4. The van der Waals surface area contributed by atoms with Crippen LogP contribution in [0.2, 0.25) is 5.02 Å². The molecular formula is C19H16ClFN2O3. The Bertz CT molecular complexity index is 927. The smallest absolute Gasteiger partial charge is 0.224 e. The summed E-state index contributed by atoms with van der Waals surface area (Å²) in [7, 11) is 1.60. The molecule has 1 amide bonds. The maximum Gasteiger partial charge on any atom is 0.224 e. The second-order valence-corrected chi connectivity index (χ2v) is 5.93. The van der Waals surface area contributed by atoms with Crippen molar-refractivity contribution < 1.29 is 18.3 Å². The quantitative estimate of drug-likeness (QED) is 0.678. The molecule has 7 heteroatoms. The number of hydrogen-bond acceptors (Lipinski definition) is 4. The van der Waals surface area contributed by atoms with E-state index in [-0.39, 0.29) is 17.4 Å². The average molecular weight is 375 g/mol. The van der Waals surface area contributed by atoms with Gasteiger partial charge in [-0.15, -0.1) is 0 Å². The van der Waals surface area contributed by atoms with Crippen molar-refractivity contribution >= 4 is 23.2 Å². The first-order valence-electron chi connectivity index (χ1n) is 7.89. The van der Waals surface area contributed by atoms with Crippen molar-refractivity contribution in [1.82, 2.24) is 4.98 Å². The lowest BCUT2D eigenvalue weighted by molar-refractivity contribution is -0.116. The van der Waals surface area contributed by atoms with Crippen LogP contribution in [0.1, 0.15) is 12.3 Å². The first kappa shape index (κ1) is 17.9. The molecule has 0 atom stereocenters. The Labute approximate surface area is 154 Å². The second kappa shape index (κ2) is 8.01. The Morgan fingerprint density at radius 2 is 2.15 bits per heavy atom. The highest BCUT2D eigenvalue weighted by Crippen LogP contribution is 2.25. The van der Waals surface area contributed by atoms with Crippen molar-refractivity contribution in [1.29, 1.82) is 0 Å². The SMILES string of the molecule is COc1cccc(-c2cnc(CCC(=O)Nc3ccc(F)c(Cl)c3)o2)c1. The van der Waals surface area contributed by atoms with Gasteiger partial charge in [0.1, 0.15) is 11.6 Å². The number of aromatic nitrogens is 1. The van der Waals surface area contributed by atoms with E-state index in [0.29, 0.717) is 23.8 Å². The molecule has 0 aliphatic heterocycles. The fraction of sp³-hybridized carbons (Fsp3) is 0.158. The normalized spacial score (nSPS) is 10.6. The minimum absolute atomic E-state index is 0.0431. The number of amides is 1. The lowest BCUT2D eigenvalue weighted by Gasteiger charge is -2.05. The summed E-state index contributed by atoms with van der Waals surface area (Å²) in [5.74, 6) is 1.00. The summed E-state index contributed by atoms with van der Waals surface area (Å²) >= 11 is 5.69. The number of nitrogens with zero attached hydrogens (tertiary/aromatic N) is 1. The summed E-state index contributed by atoms with van der Waals surface area (Å²) in [5, 5.41) is 2.61. The molecule has 0 spiro atoms. The van der Waals surface area contributed by atoms with Gasteiger partial charge in [0.25, 0.3) is 0 Å². The van der Waals surface area contributed by atoms with Crippen molar-refractivity contribution in [3.05, 3.63) is 65.4 Å². The number of methoxy groups -OCH3 is 1. The van der Waals surface area contributed by atoms with Gasteiger partial charge in [-0.1, -0.05) is 23.7 Å². The Morgan fingerprint density at radius 1 is 1.31 bits per heavy atom. The third-order valence-electron chi connectivity index (χ3n) is 3.68. The highest BCUT2D eigenvalue weighted by Gasteiger charge is 2.10. The average Bonchev–Trinajstić information content (AvgIpc) is 3.12. The van der Waals surface area contributed by atoms with Gasteiger partial charge in [0.05, 0.1) is 18.3 Å². The third-order valence-corrected chi connectivity index (χ3v) is 3.97. The van der Waals surface area contributed by atoms with Crippen LogP contribution in [0, 0.1) is 5.82 Å². The number of ether oxygens (including phenoxy) is 1. The van der Waals surface area contributed by atoms with Crippen LogP contribution in [0.5, 0.6) is 5.75 Å². The molecule has 0 aliphatic carbocycles. The highest BCUT2D eigenvalue weighted by molar-refractivity contribution is 6.31. The number of halogens is 2. The number of carbonyl (C=O) groups is 1. The van der Waals surface area contributed by atoms with Crippen molar-refractivity contribution in [2.24, 2.45) is 0 Å². The predicted molar refractivity (Wildman–Crippen MR) is 96.9 cm³/mol. The van der Waals surface area contributed by atoms with Gasteiger partial charge in [0, 0.05) is 24.1 Å². The summed E-state index contributed by atoms with van der Waals surface area (Å²) < 4.78 is 24.0. The van der Waals surface area contributed by atoms with Crippen LogP contribution in [0.3, 0.4) is 0 Å². The Morgan fingerprint density at radius 3 is 2.92 bits per heavy atom. The molecule has 3 rings (SSSR count). The lowest BCUT2D eigenvalue weighted by Crippen LogP contribution is -2.12. The number of aryl methyl sites for hydroxylation is 1. The fourth-order valence-corrected chi connectivity index (χ4v) is 2.53. The molecule has 0 aliphatic rings. The Kier molecular flexibility index (Phi) is 5.53. The molecule has 0 unspecified atom stereocenters. The van der Waals surface area contributed by atoms with Crippen LogP contribution >= 0.6 is 11.6 Å². The molecular weight excluding hydrogens is 359 g/mol. The standard InChI is InChI=1S/C19H16ClFN2O3/c1-25-14-4-2-3-12(9-14)17-11-22-19(26-17)8-7-18(24)23-13-5-6-16(21)15(20)10-13/h2-6,9-11H,7-8H2,1H3,(H,23,24). The largest absolute Gasteiger partial charge is 0.497 e. The molecule has 1 N–H and O–H groups in total. The highest BCUT2D eigenvalue weighted by atomic mass is 35.5. The molecule has 134 valence electrons. The lowest BCUT2D eigenvalue weighted by atomic mass is 10.2. The predicted octanol–water partition coefficient (Wildman–Crippen LogP) is 4.71. The summed E-state index contributed by atoms with van der Waals surface area (Å²) in [5.41, 5.74) is 1.28. The number of anilines is 1. The van der Waals surface area contributed by atoms with Gasteiger partial charge < -0.3 is 14.5 Å². The van der Waals surface area contributed by atoms with Crippen LogP contribution in [0.25, 0.3) is 11.3 Å². The minimum atomic E-state index is -0.533. The topological polar surface area (TPSA) is 64.4 Å². The van der Waals surface area contributed by atoms with Crippen LogP contribution in [-0.2, 0) is 11.2 Å². The molecule has 0 saturated carbocycles. The maximum atomic E-state index is 13.1. The molecule has 0 bridgehead atoms. The molecule has 0 saturated heterocycles. The summed E-state index contributed by atoms with van der Waals surface area (Å²) in [4.78, 5) is 16.2. The second-order valence-electron chi connectivity index (χ2n) is 5.53. The number of rotatable bonds is 6. The zero-order chi connectivity index (χ0) is 18.5. The summed E-state index contributed by atoms with van der Waals surface area (Å²) in [6.45, 7) is 0. The van der Waals surface area contributed by atoms with Gasteiger partial charge in [-0.2, -0.15) is 0 Å². The first-order valence-corrected chi connectivity index (χ1v) is 8.27. The Balaban J connectivity index is 1.58. The van der Waals surface area contributed by atoms with Gasteiger partial charge in [-0.05, 0) is 30.3 Å². The van der Waals surface area contributed by atoms with Crippen molar-refractivity contribution in [3.63, 3.8) is 0 Å². The molecule has 3 aromatic rings. The van der Waals surface area contributed by atoms with E-state index in [9.17, 15) is 9.18 Å². The van der Waals surface area contributed by atoms with Crippen LogP contribution < -0.4 is 10.1 Å². The maximum absolute atomic E-state index is 13.1. The monoisotopic (exact) mass is 374 g/mol. The van der Waals surface area contributed by atoms with Gasteiger partial charge in [-0.25, -0.2) is 9.37 Å². The van der Waals surface area contributed by atoms with E-state index < -0.39 is 5.82 Å². The van der Waals surface area contributed by atoms with E-state index in [2.05, 4.69) is 10.3 Å². The van der Waals surface area contributed by atoms with E-state index in [1.165, 1.54) is 18.2 Å². The molecule has 2 aromatic carbocycles. The van der Waals surface area contributed by atoms with Crippen LogP contribution in [0.15, 0.2) is 53.1 Å². The van der Waals surface area contributed by atoms with E-state index in [1.807, 2.05) is 24.3 Å². The van der Waals surface area contributed by atoms with Gasteiger partial charge >= 0.3 is 0 Å². The molecule has 1 aromatic heterocycles. The van der Waals surface area contributed by atoms with Gasteiger partial charge in [0.15, 0.2) is 11.7 Å². The van der Waals surface area contributed by atoms with Crippen molar-refractivity contribution in [2.45, 2.75) is 12.8 Å². The van der Waals surface area contributed by atoms with Crippen molar-refractivity contribution in [2.75, 3.05) is 12.4 Å². The third kappa shape index (κ3) is 4.40. The van der Waals surface area contributed by atoms with Crippen LogP contribution in [-0.4, -0.2) is 18.0 Å². The molecule has 1 heterocycles. The van der Waals surface area contributed by atoms with Crippen LogP contribution in [0.4, 0.5) is 10.1 Å². The van der Waals surface area contributed by atoms with E-state index in [1.54, 1.807) is 13.3 Å². The zero-order valence-electron chi connectivity index (χ0n) is 14.0. The molecule has 0 radical (unpaired) electrons. The number of hydrogen-bond donors (Lipinski definition) is 1. The molecule has 26 heavy (non-hydrogen) atoms. The minimum Gasteiger partial charge on any atom is -0.497 e. The Hall–Kier alpha value is -2.86. The van der Waals surface area contributed by atoms with E-state index >= 15 is 0 Å². The number of carbonyl (C=O) groups excluding carboxylic acids is 1. The van der Waals surface area contributed by atoms with Crippen molar-refractivity contribution in [3.8, 4) is 17.1 Å². The number of benzene rings is 2. The molecule has 0 fully saturated rings. The first-order chi connectivity index (χ1) is 12.5. The molecule has 5 nitrogen and oxygen atoms in total. The zero-order valence-corrected chi connectivity index (χ0v) is 14.7. The van der Waals surface area contributed by atoms with Gasteiger partial charge in [0.2, 0.25) is 5.91 Å². The van der Waals surface area contributed by atoms with E-state index in [4.69, 9.17) is 20.8 Å². The fourth-order valence-electron chi connectivity index (χ4n) is 2.35. The van der Waals surface area contributed by atoms with Gasteiger partial charge in [-0.3, -0.25) is 4.79 Å². The number of oxazole rings is 1. The van der Waals surface area contributed by atoms with E-state index in [0.717, 1.165) is 11.3 Å². The number of nitrogens with one attached hydrogen (secondary N) is 1.